The summed E-state index contributed by atoms with van der Waals surface area (Å²) in [6.45, 7) is 0.246. The van der Waals surface area contributed by atoms with E-state index in [4.69, 9.17) is 14.2 Å². The molecule has 106 valence electrons. The molecule has 1 aromatic heterocycles. The highest BCUT2D eigenvalue weighted by Gasteiger charge is 2.09. The molecule has 0 amide bonds. The molecule has 0 bridgehead atoms. The van der Waals surface area contributed by atoms with Crippen molar-refractivity contribution in [3.63, 3.8) is 0 Å². The normalized spacial score (nSPS) is 10.3. The Morgan fingerprint density at radius 2 is 1.85 bits per heavy atom. The summed E-state index contributed by atoms with van der Waals surface area (Å²) in [7, 11) is 4.67. The summed E-state index contributed by atoms with van der Waals surface area (Å²) < 4.78 is 15.4. The zero-order valence-corrected chi connectivity index (χ0v) is 11.6. The number of nitrogens with zero attached hydrogens (tertiary/aromatic N) is 1. The molecule has 1 aromatic carbocycles. The molecule has 0 unspecified atom stereocenters. The van der Waals surface area contributed by atoms with E-state index in [1.54, 1.807) is 33.5 Å². The highest BCUT2D eigenvalue weighted by Crippen LogP contribution is 2.31. The van der Waals surface area contributed by atoms with Gasteiger partial charge in [-0.2, -0.15) is 0 Å². The second kappa shape index (κ2) is 6.21. The summed E-state index contributed by atoms with van der Waals surface area (Å²) in [6, 6.07) is 6.80. The van der Waals surface area contributed by atoms with Gasteiger partial charge in [0.15, 0.2) is 11.5 Å². The van der Waals surface area contributed by atoms with E-state index in [1.807, 2.05) is 6.07 Å². The van der Waals surface area contributed by atoms with Crippen molar-refractivity contribution < 1.29 is 14.2 Å². The number of ether oxygens (including phenoxy) is 3. The smallest absolute Gasteiger partial charge is 0.251 e. The van der Waals surface area contributed by atoms with Crippen molar-refractivity contribution in [3.05, 3.63) is 40.4 Å². The van der Waals surface area contributed by atoms with Crippen LogP contribution in [0.2, 0.25) is 0 Å². The Labute approximate surface area is 116 Å². The second-order valence-electron chi connectivity index (χ2n) is 4.08. The largest absolute Gasteiger partial charge is 0.493 e. The van der Waals surface area contributed by atoms with Crippen molar-refractivity contribution in [1.82, 2.24) is 9.97 Å². The number of benzene rings is 1. The lowest BCUT2D eigenvalue weighted by Gasteiger charge is -2.09. The number of hydrogen-bond acceptors (Lipinski definition) is 5. The lowest BCUT2D eigenvalue weighted by Crippen LogP contribution is -2.11. The number of nitrogens with one attached hydrogen (secondary N) is 1. The van der Waals surface area contributed by atoms with E-state index in [0.717, 1.165) is 5.56 Å². The SMILES string of the molecule is COCc1nc(-c2ccc(OC)c(OC)c2)cc(=O)[nH]1. The monoisotopic (exact) mass is 276 g/mol. The van der Waals surface area contributed by atoms with Crippen LogP contribution in [0, 0.1) is 0 Å². The van der Waals surface area contributed by atoms with Crippen LogP contribution in [0.25, 0.3) is 11.3 Å². The Morgan fingerprint density at radius 3 is 2.50 bits per heavy atom. The third-order valence-corrected chi connectivity index (χ3v) is 2.75. The molecule has 0 spiro atoms. The van der Waals surface area contributed by atoms with E-state index in [2.05, 4.69) is 9.97 Å². The predicted molar refractivity (Wildman–Crippen MR) is 74.1 cm³/mol. The maximum absolute atomic E-state index is 11.6. The van der Waals surface area contributed by atoms with E-state index in [-0.39, 0.29) is 12.2 Å². The lowest BCUT2D eigenvalue weighted by molar-refractivity contribution is 0.177. The standard InChI is InChI=1S/C14H16N2O4/c1-18-8-13-15-10(7-14(17)16-13)9-4-5-11(19-2)12(6-9)20-3/h4-7H,8H2,1-3H3,(H,15,16,17). The van der Waals surface area contributed by atoms with Gasteiger partial charge < -0.3 is 19.2 Å². The average Bonchev–Trinajstić information content (AvgIpc) is 2.46. The van der Waals surface area contributed by atoms with Crippen molar-refractivity contribution >= 4 is 0 Å². The molecule has 0 aliphatic rings. The first-order valence-corrected chi connectivity index (χ1v) is 5.99. The minimum absolute atomic E-state index is 0.225. The van der Waals surface area contributed by atoms with E-state index in [9.17, 15) is 4.79 Å². The molecule has 6 heteroatoms. The van der Waals surface area contributed by atoms with Gasteiger partial charge in [0.2, 0.25) is 0 Å². The summed E-state index contributed by atoms with van der Waals surface area (Å²) in [5.41, 5.74) is 1.10. The fraction of sp³-hybridized carbons (Fsp3) is 0.286. The maximum atomic E-state index is 11.6. The number of methoxy groups -OCH3 is 3. The van der Waals surface area contributed by atoms with E-state index < -0.39 is 0 Å². The van der Waals surface area contributed by atoms with Crippen LogP contribution in [0.1, 0.15) is 5.82 Å². The summed E-state index contributed by atoms with van der Waals surface area (Å²) in [5, 5.41) is 0. The highest BCUT2D eigenvalue weighted by molar-refractivity contribution is 5.63. The third-order valence-electron chi connectivity index (χ3n) is 2.75. The molecule has 6 nitrogen and oxygen atoms in total. The van der Waals surface area contributed by atoms with E-state index in [1.165, 1.54) is 6.07 Å². The first-order chi connectivity index (χ1) is 9.67. The van der Waals surface area contributed by atoms with Gasteiger partial charge in [0.1, 0.15) is 12.4 Å². The van der Waals surface area contributed by atoms with Crippen LogP contribution in [0.5, 0.6) is 11.5 Å². The van der Waals surface area contributed by atoms with E-state index >= 15 is 0 Å². The van der Waals surface area contributed by atoms with Gasteiger partial charge >= 0.3 is 0 Å². The minimum Gasteiger partial charge on any atom is -0.493 e. The lowest BCUT2D eigenvalue weighted by atomic mass is 10.1. The van der Waals surface area contributed by atoms with Crippen molar-refractivity contribution in [2.45, 2.75) is 6.61 Å². The van der Waals surface area contributed by atoms with Gasteiger partial charge in [0.25, 0.3) is 5.56 Å². The number of H-pyrrole nitrogens is 1. The molecule has 0 saturated carbocycles. The maximum Gasteiger partial charge on any atom is 0.251 e. The van der Waals surface area contributed by atoms with Crippen molar-refractivity contribution in [3.8, 4) is 22.8 Å². The Bertz CT molecular complexity index is 652. The summed E-state index contributed by atoms with van der Waals surface area (Å²) in [4.78, 5) is 18.6. The third kappa shape index (κ3) is 2.97. The topological polar surface area (TPSA) is 73.4 Å². The number of aromatic nitrogens is 2. The van der Waals surface area contributed by atoms with Gasteiger partial charge in [-0.1, -0.05) is 0 Å². The molecular weight excluding hydrogens is 260 g/mol. The van der Waals surface area contributed by atoms with Gasteiger partial charge in [-0.05, 0) is 18.2 Å². The molecule has 0 aliphatic carbocycles. The Morgan fingerprint density at radius 1 is 1.10 bits per heavy atom. The fourth-order valence-corrected chi connectivity index (χ4v) is 1.86. The Hall–Kier alpha value is -2.34. The highest BCUT2D eigenvalue weighted by atomic mass is 16.5. The Balaban J connectivity index is 2.48. The van der Waals surface area contributed by atoms with Crippen LogP contribution in [-0.2, 0) is 11.3 Å². The van der Waals surface area contributed by atoms with Crippen LogP contribution in [0.3, 0.4) is 0 Å². The van der Waals surface area contributed by atoms with Crippen molar-refractivity contribution in [1.29, 1.82) is 0 Å². The van der Waals surface area contributed by atoms with Crippen LogP contribution < -0.4 is 15.0 Å². The molecule has 0 aliphatic heterocycles. The van der Waals surface area contributed by atoms with Gasteiger partial charge in [-0.25, -0.2) is 4.98 Å². The molecule has 2 rings (SSSR count). The van der Waals surface area contributed by atoms with Crippen LogP contribution >= 0.6 is 0 Å². The molecule has 20 heavy (non-hydrogen) atoms. The number of rotatable bonds is 5. The summed E-state index contributed by atoms with van der Waals surface area (Å²) in [6.07, 6.45) is 0. The van der Waals surface area contributed by atoms with Crippen molar-refractivity contribution in [2.75, 3.05) is 21.3 Å². The summed E-state index contributed by atoms with van der Waals surface area (Å²) >= 11 is 0. The predicted octanol–water partition coefficient (Wildman–Crippen LogP) is 1.60. The number of aromatic amines is 1. The molecule has 1 heterocycles. The first-order valence-electron chi connectivity index (χ1n) is 5.99. The van der Waals surface area contributed by atoms with E-state index in [0.29, 0.717) is 23.0 Å². The van der Waals surface area contributed by atoms with Crippen LogP contribution in [0.15, 0.2) is 29.1 Å². The van der Waals surface area contributed by atoms with Crippen LogP contribution in [0.4, 0.5) is 0 Å². The van der Waals surface area contributed by atoms with Gasteiger partial charge in [-0.15, -0.1) is 0 Å². The molecule has 1 N–H and O–H groups in total. The average molecular weight is 276 g/mol. The van der Waals surface area contributed by atoms with Gasteiger partial charge in [0.05, 0.1) is 19.9 Å². The molecule has 0 fully saturated rings. The molecule has 0 saturated heterocycles. The summed E-state index contributed by atoms with van der Waals surface area (Å²) in [5.74, 6) is 1.68. The quantitative estimate of drug-likeness (QED) is 0.898. The van der Waals surface area contributed by atoms with Gasteiger partial charge in [-0.3, -0.25) is 4.79 Å². The second-order valence-corrected chi connectivity index (χ2v) is 4.08. The molecule has 0 atom stereocenters. The zero-order chi connectivity index (χ0) is 14.5. The first kappa shape index (κ1) is 14.1. The minimum atomic E-state index is -0.225. The van der Waals surface area contributed by atoms with Crippen LogP contribution in [-0.4, -0.2) is 31.3 Å². The molecule has 0 radical (unpaired) electrons. The fourth-order valence-electron chi connectivity index (χ4n) is 1.86. The zero-order valence-electron chi connectivity index (χ0n) is 11.6. The number of hydrogen-bond donors (Lipinski definition) is 1. The van der Waals surface area contributed by atoms with Gasteiger partial charge in [0, 0.05) is 18.7 Å². The Kier molecular flexibility index (Phi) is 4.37. The molecule has 2 aromatic rings. The van der Waals surface area contributed by atoms with Crippen molar-refractivity contribution in [2.24, 2.45) is 0 Å². The molecular formula is C14H16N2O4.